The molecule has 0 heterocycles. The highest BCUT2D eigenvalue weighted by Gasteiger charge is 2.32. The van der Waals surface area contributed by atoms with Gasteiger partial charge in [-0.15, -0.1) is 0 Å². The molecule has 0 saturated heterocycles. The predicted octanol–water partition coefficient (Wildman–Crippen LogP) is 3.39. The first-order valence-electron chi connectivity index (χ1n) is 8.20. The van der Waals surface area contributed by atoms with E-state index >= 15 is 0 Å². The van der Waals surface area contributed by atoms with Gasteiger partial charge >= 0.3 is 0 Å². The number of methoxy groups -OCH3 is 1. The summed E-state index contributed by atoms with van der Waals surface area (Å²) in [5.41, 5.74) is 2.89. The highest BCUT2D eigenvalue weighted by atomic mass is 16.5. The number of hydrogen-bond acceptors (Lipinski definition) is 3. The monoisotopic (exact) mass is 290 g/mol. The Labute approximate surface area is 129 Å². The van der Waals surface area contributed by atoms with Crippen molar-refractivity contribution in [2.75, 3.05) is 20.7 Å². The molecule has 0 aliphatic heterocycles. The lowest BCUT2D eigenvalue weighted by atomic mass is 9.82. The van der Waals surface area contributed by atoms with Gasteiger partial charge in [-0.25, -0.2) is 0 Å². The number of nitrogens with zero attached hydrogens (tertiary/aromatic N) is 1. The van der Waals surface area contributed by atoms with Crippen molar-refractivity contribution >= 4 is 0 Å². The average molecular weight is 290 g/mol. The lowest BCUT2D eigenvalue weighted by Gasteiger charge is -2.41. The quantitative estimate of drug-likeness (QED) is 0.869. The van der Waals surface area contributed by atoms with E-state index in [1.54, 1.807) is 7.11 Å². The van der Waals surface area contributed by atoms with Crippen LogP contribution in [-0.4, -0.2) is 37.7 Å². The Morgan fingerprint density at radius 3 is 2.76 bits per heavy atom. The van der Waals surface area contributed by atoms with Crippen molar-refractivity contribution < 1.29 is 4.74 Å². The minimum Gasteiger partial charge on any atom is -0.497 e. The molecular formula is C18H30N2O. The second-order valence-electron chi connectivity index (χ2n) is 6.36. The molecule has 0 radical (unpaired) electrons. The van der Waals surface area contributed by atoms with E-state index < -0.39 is 0 Å². The van der Waals surface area contributed by atoms with Crippen molar-refractivity contribution in [3.8, 4) is 5.75 Å². The van der Waals surface area contributed by atoms with Crippen LogP contribution in [0, 0.1) is 0 Å². The van der Waals surface area contributed by atoms with Crippen LogP contribution in [0.3, 0.4) is 0 Å². The molecule has 2 atom stereocenters. The van der Waals surface area contributed by atoms with Gasteiger partial charge in [0.25, 0.3) is 0 Å². The second kappa shape index (κ2) is 7.28. The molecule has 1 aliphatic carbocycles. The highest BCUT2D eigenvalue weighted by molar-refractivity contribution is 5.40. The standard InChI is InChI=1S/C18H30N2O/c1-6-11-19-18-16-9-8-15(21-5)12-14(16)7-10-17(18)20(4)13(2)3/h8-9,12-13,17-19H,6-7,10-11H2,1-5H3. The molecule has 2 rings (SSSR count). The molecule has 21 heavy (non-hydrogen) atoms. The Balaban J connectivity index is 2.30. The van der Waals surface area contributed by atoms with Gasteiger partial charge in [-0.1, -0.05) is 13.0 Å². The van der Waals surface area contributed by atoms with Gasteiger partial charge in [-0.3, -0.25) is 4.90 Å². The Hall–Kier alpha value is -1.06. The molecule has 2 unspecified atom stereocenters. The van der Waals surface area contributed by atoms with Gasteiger partial charge in [-0.2, -0.15) is 0 Å². The van der Waals surface area contributed by atoms with E-state index in [2.05, 4.69) is 56.2 Å². The minimum absolute atomic E-state index is 0.423. The third kappa shape index (κ3) is 3.58. The zero-order valence-electron chi connectivity index (χ0n) is 14.1. The Kier molecular flexibility index (Phi) is 5.65. The van der Waals surface area contributed by atoms with Crippen molar-refractivity contribution in [3.05, 3.63) is 29.3 Å². The number of hydrogen-bond donors (Lipinski definition) is 1. The van der Waals surface area contributed by atoms with E-state index in [9.17, 15) is 0 Å². The number of likely N-dealkylation sites (N-methyl/N-ethyl adjacent to an activating group) is 1. The summed E-state index contributed by atoms with van der Waals surface area (Å²) in [4.78, 5) is 2.51. The summed E-state index contributed by atoms with van der Waals surface area (Å²) in [7, 11) is 4.00. The number of ether oxygens (including phenoxy) is 1. The van der Waals surface area contributed by atoms with Crippen LogP contribution in [0.25, 0.3) is 0 Å². The molecule has 0 aromatic heterocycles. The number of aryl methyl sites for hydroxylation is 1. The summed E-state index contributed by atoms with van der Waals surface area (Å²) >= 11 is 0. The van der Waals surface area contributed by atoms with E-state index in [1.165, 1.54) is 24.0 Å². The molecule has 0 spiro atoms. The maximum atomic E-state index is 5.38. The van der Waals surface area contributed by atoms with Crippen molar-refractivity contribution in [2.45, 2.75) is 58.2 Å². The maximum Gasteiger partial charge on any atom is 0.119 e. The maximum absolute atomic E-state index is 5.38. The highest BCUT2D eigenvalue weighted by Crippen LogP contribution is 2.35. The molecule has 3 nitrogen and oxygen atoms in total. The number of fused-ring (bicyclic) bond motifs is 1. The summed E-state index contributed by atoms with van der Waals surface area (Å²) in [5.74, 6) is 0.971. The minimum atomic E-state index is 0.423. The lowest BCUT2D eigenvalue weighted by molar-refractivity contribution is 0.139. The molecule has 3 heteroatoms. The second-order valence-corrected chi connectivity index (χ2v) is 6.36. The molecule has 0 saturated carbocycles. The fourth-order valence-corrected chi connectivity index (χ4v) is 3.27. The average Bonchev–Trinajstić information content (AvgIpc) is 2.50. The van der Waals surface area contributed by atoms with E-state index in [0.717, 1.165) is 18.7 Å². The Bertz CT molecular complexity index is 459. The summed E-state index contributed by atoms with van der Waals surface area (Å²) in [6.07, 6.45) is 3.51. The Morgan fingerprint density at radius 1 is 1.38 bits per heavy atom. The molecule has 1 aromatic rings. The summed E-state index contributed by atoms with van der Waals surface area (Å²) < 4.78 is 5.38. The van der Waals surface area contributed by atoms with Crippen molar-refractivity contribution in [2.24, 2.45) is 0 Å². The van der Waals surface area contributed by atoms with Crippen molar-refractivity contribution in [3.63, 3.8) is 0 Å². The van der Waals surface area contributed by atoms with Crippen molar-refractivity contribution in [1.29, 1.82) is 0 Å². The SMILES string of the molecule is CCCNC1c2ccc(OC)cc2CCC1N(C)C(C)C. The van der Waals surface area contributed by atoms with Gasteiger partial charge in [0.2, 0.25) is 0 Å². The Morgan fingerprint density at radius 2 is 2.14 bits per heavy atom. The van der Waals surface area contributed by atoms with E-state index in [1.807, 2.05) is 0 Å². The van der Waals surface area contributed by atoms with Gasteiger partial charge in [-0.05, 0) is 70.0 Å². The number of benzene rings is 1. The molecule has 1 N–H and O–H groups in total. The zero-order chi connectivity index (χ0) is 15.4. The van der Waals surface area contributed by atoms with Crippen LogP contribution in [0.4, 0.5) is 0 Å². The smallest absolute Gasteiger partial charge is 0.119 e. The molecule has 0 fully saturated rings. The first kappa shape index (κ1) is 16.3. The van der Waals surface area contributed by atoms with Gasteiger partial charge in [0.05, 0.1) is 7.11 Å². The van der Waals surface area contributed by atoms with Crippen LogP contribution in [0.1, 0.15) is 50.8 Å². The summed E-state index contributed by atoms with van der Waals surface area (Å²) in [6, 6.07) is 8.12. The van der Waals surface area contributed by atoms with Crippen LogP contribution >= 0.6 is 0 Å². The third-order valence-corrected chi connectivity index (χ3v) is 4.73. The predicted molar refractivity (Wildman–Crippen MR) is 89.0 cm³/mol. The topological polar surface area (TPSA) is 24.5 Å². The molecule has 1 aliphatic rings. The fourth-order valence-electron chi connectivity index (χ4n) is 3.27. The van der Waals surface area contributed by atoms with Crippen LogP contribution in [-0.2, 0) is 6.42 Å². The first-order valence-corrected chi connectivity index (χ1v) is 8.20. The normalized spacial score (nSPS) is 21.7. The molecule has 1 aromatic carbocycles. The summed E-state index contributed by atoms with van der Waals surface area (Å²) in [5, 5.41) is 3.77. The van der Waals surface area contributed by atoms with Crippen LogP contribution < -0.4 is 10.1 Å². The van der Waals surface area contributed by atoms with Gasteiger partial charge < -0.3 is 10.1 Å². The van der Waals surface area contributed by atoms with Gasteiger partial charge in [0.1, 0.15) is 5.75 Å². The number of rotatable bonds is 6. The fraction of sp³-hybridized carbons (Fsp3) is 0.667. The molecule has 0 bridgehead atoms. The van der Waals surface area contributed by atoms with E-state index in [0.29, 0.717) is 18.1 Å². The first-order chi connectivity index (χ1) is 10.1. The van der Waals surface area contributed by atoms with Crippen LogP contribution in [0.5, 0.6) is 5.75 Å². The van der Waals surface area contributed by atoms with Gasteiger partial charge in [0, 0.05) is 18.1 Å². The molecule has 0 amide bonds. The third-order valence-electron chi connectivity index (χ3n) is 4.73. The van der Waals surface area contributed by atoms with Crippen molar-refractivity contribution in [1.82, 2.24) is 10.2 Å². The number of nitrogens with one attached hydrogen (secondary N) is 1. The largest absolute Gasteiger partial charge is 0.497 e. The van der Waals surface area contributed by atoms with Gasteiger partial charge in [0.15, 0.2) is 0 Å². The van der Waals surface area contributed by atoms with E-state index in [4.69, 9.17) is 4.74 Å². The lowest BCUT2D eigenvalue weighted by Crippen LogP contribution is -2.48. The zero-order valence-corrected chi connectivity index (χ0v) is 14.1. The van der Waals surface area contributed by atoms with Crippen LogP contribution in [0.15, 0.2) is 18.2 Å². The molecular weight excluding hydrogens is 260 g/mol. The summed E-state index contributed by atoms with van der Waals surface area (Å²) in [6.45, 7) is 7.85. The van der Waals surface area contributed by atoms with E-state index in [-0.39, 0.29) is 0 Å². The molecule has 118 valence electrons. The van der Waals surface area contributed by atoms with Crippen LogP contribution in [0.2, 0.25) is 0 Å².